The van der Waals surface area contributed by atoms with Crippen molar-refractivity contribution in [3.05, 3.63) is 76.4 Å². The summed E-state index contributed by atoms with van der Waals surface area (Å²) >= 11 is 0. The number of rotatable bonds is 9. The number of ether oxygens (including phenoxy) is 3. The number of aliphatic hydroxyl groups excluding tert-OH is 1. The van der Waals surface area contributed by atoms with E-state index in [9.17, 15) is 14.7 Å². The van der Waals surface area contributed by atoms with Gasteiger partial charge in [-0.25, -0.2) is 4.79 Å². The van der Waals surface area contributed by atoms with Crippen molar-refractivity contribution >= 4 is 11.9 Å². The van der Waals surface area contributed by atoms with E-state index in [-0.39, 0.29) is 19.4 Å². The molecule has 0 radical (unpaired) electrons. The van der Waals surface area contributed by atoms with Crippen LogP contribution in [0, 0.1) is 18.8 Å². The first-order chi connectivity index (χ1) is 17.8. The largest absolute Gasteiger partial charge is 0.494 e. The number of aliphatic hydroxyl groups is 1. The number of hydrogen-bond acceptors (Lipinski definition) is 6. The summed E-state index contributed by atoms with van der Waals surface area (Å²) in [7, 11) is 0. The highest BCUT2D eigenvalue weighted by atomic mass is 16.6. The van der Waals surface area contributed by atoms with Crippen LogP contribution in [0.5, 0.6) is 5.75 Å². The summed E-state index contributed by atoms with van der Waals surface area (Å²) in [5.41, 5.74) is 3.27. The number of cyclic esters (lactones) is 1. The monoisotopic (exact) mass is 506 g/mol. The summed E-state index contributed by atoms with van der Waals surface area (Å²) < 4.78 is 16.3. The Bertz CT molecular complexity index is 1120. The van der Waals surface area contributed by atoms with Crippen molar-refractivity contribution in [1.29, 1.82) is 0 Å². The minimum atomic E-state index is -1.18. The Kier molecular flexibility index (Phi) is 11.9. The molecule has 0 saturated carbocycles. The van der Waals surface area contributed by atoms with Gasteiger partial charge in [0.05, 0.1) is 13.2 Å². The van der Waals surface area contributed by atoms with Gasteiger partial charge in [-0.3, -0.25) is 4.79 Å². The van der Waals surface area contributed by atoms with Gasteiger partial charge >= 0.3 is 11.9 Å². The topological polar surface area (TPSA) is 82.1 Å². The maximum atomic E-state index is 12.1. The van der Waals surface area contributed by atoms with Crippen LogP contribution in [0.2, 0.25) is 0 Å². The van der Waals surface area contributed by atoms with Crippen LogP contribution in [0.1, 0.15) is 70.1 Å². The quantitative estimate of drug-likeness (QED) is 0.209. The Morgan fingerprint density at radius 3 is 2.14 bits per heavy atom. The molecule has 1 heterocycles. The van der Waals surface area contributed by atoms with E-state index < -0.39 is 24.1 Å². The number of benzene rings is 2. The number of esters is 2. The second kappa shape index (κ2) is 14.9. The lowest BCUT2D eigenvalue weighted by molar-refractivity contribution is -0.166. The van der Waals surface area contributed by atoms with Gasteiger partial charge in [0.15, 0.2) is 5.60 Å². The predicted octanol–water partition coefficient (Wildman–Crippen LogP) is 5.53. The molecule has 0 amide bonds. The van der Waals surface area contributed by atoms with Gasteiger partial charge in [-0.05, 0) is 70.0 Å². The van der Waals surface area contributed by atoms with Gasteiger partial charge in [-0.15, -0.1) is 0 Å². The number of aryl methyl sites for hydroxylation is 1. The van der Waals surface area contributed by atoms with Crippen molar-refractivity contribution in [2.24, 2.45) is 0 Å². The first-order valence-corrected chi connectivity index (χ1v) is 12.8. The molecule has 2 aromatic carbocycles. The molecule has 1 unspecified atom stereocenters. The molecule has 1 aliphatic heterocycles. The van der Waals surface area contributed by atoms with Crippen molar-refractivity contribution in [3.8, 4) is 17.6 Å². The molecule has 1 saturated heterocycles. The third-order valence-corrected chi connectivity index (χ3v) is 5.74. The highest BCUT2D eigenvalue weighted by Gasteiger charge is 2.44. The third-order valence-electron chi connectivity index (χ3n) is 5.74. The maximum absolute atomic E-state index is 12.1. The average molecular weight is 507 g/mol. The van der Waals surface area contributed by atoms with Gasteiger partial charge in [0.25, 0.3) is 0 Å². The van der Waals surface area contributed by atoms with E-state index in [0.29, 0.717) is 25.0 Å². The maximum Gasteiger partial charge on any atom is 0.334 e. The van der Waals surface area contributed by atoms with Crippen molar-refractivity contribution < 1.29 is 28.9 Å². The summed E-state index contributed by atoms with van der Waals surface area (Å²) in [6.07, 6.45) is 1.75. The van der Waals surface area contributed by atoms with E-state index in [4.69, 9.17) is 14.2 Å². The van der Waals surface area contributed by atoms with E-state index in [1.807, 2.05) is 83.1 Å². The van der Waals surface area contributed by atoms with Gasteiger partial charge < -0.3 is 19.3 Å². The number of allylic oxidation sites excluding steroid dienone is 1. The Labute approximate surface area is 220 Å². The molecule has 198 valence electrons. The first kappa shape index (κ1) is 29.7. The highest BCUT2D eigenvalue weighted by molar-refractivity contribution is 5.92. The van der Waals surface area contributed by atoms with Crippen molar-refractivity contribution in [2.45, 2.75) is 65.9 Å². The molecule has 1 N–H and O–H groups in total. The van der Waals surface area contributed by atoms with Crippen LogP contribution in [0.15, 0.2) is 59.7 Å². The van der Waals surface area contributed by atoms with Gasteiger partial charge in [0, 0.05) is 29.5 Å². The fourth-order valence-electron chi connectivity index (χ4n) is 3.55. The fraction of sp³-hybridized carbons (Fsp3) is 0.419. The van der Waals surface area contributed by atoms with Crippen LogP contribution in [0.3, 0.4) is 0 Å². The lowest BCUT2D eigenvalue weighted by Crippen LogP contribution is -2.39. The van der Waals surface area contributed by atoms with E-state index in [2.05, 4.69) is 11.8 Å². The fourth-order valence-corrected chi connectivity index (χ4v) is 3.55. The number of unbranched alkanes of at least 4 members (excludes halogenated alkanes) is 1. The van der Waals surface area contributed by atoms with Crippen LogP contribution in [-0.2, 0) is 19.1 Å². The Morgan fingerprint density at radius 2 is 1.59 bits per heavy atom. The zero-order chi connectivity index (χ0) is 27.3. The Hall–Kier alpha value is -3.56. The van der Waals surface area contributed by atoms with Crippen molar-refractivity contribution in [2.75, 3.05) is 19.8 Å². The second-order valence-corrected chi connectivity index (χ2v) is 8.99. The molecule has 0 bridgehead atoms. The molecule has 6 heteroatoms. The average Bonchev–Trinajstić information content (AvgIpc) is 3.26. The predicted molar refractivity (Wildman–Crippen MR) is 144 cm³/mol. The summed E-state index contributed by atoms with van der Waals surface area (Å²) in [4.78, 5) is 24.1. The number of carbonyl (C=O) groups excluding carboxylic acids is 2. The van der Waals surface area contributed by atoms with E-state index in [1.54, 1.807) is 0 Å². The van der Waals surface area contributed by atoms with E-state index in [1.165, 1.54) is 5.56 Å². The Morgan fingerprint density at radius 1 is 1.00 bits per heavy atom. The molecule has 1 fully saturated rings. The first-order valence-electron chi connectivity index (χ1n) is 12.8. The smallest absolute Gasteiger partial charge is 0.334 e. The summed E-state index contributed by atoms with van der Waals surface area (Å²) in [6, 6.07) is 15.7. The van der Waals surface area contributed by atoms with Gasteiger partial charge in [0.1, 0.15) is 12.4 Å². The molecular weight excluding hydrogens is 468 g/mol. The highest BCUT2D eigenvalue weighted by Crippen LogP contribution is 2.32. The lowest BCUT2D eigenvalue weighted by Gasteiger charge is -2.24. The van der Waals surface area contributed by atoms with Gasteiger partial charge in [-0.1, -0.05) is 49.0 Å². The number of carbonyl (C=O) groups is 2. The molecule has 37 heavy (non-hydrogen) atoms. The molecule has 6 nitrogen and oxygen atoms in total. The summed E-state index contributed by atoms with van der Waals surface area (Å²) in [5.74, 6) is 6.18. The van der Waals surface area contributed by atoms with Crippen molar-refractivity contribution in [3.63, 3.8) is 0 Å². The van der Waals surface area contributed by atoms with Gasteiger partial charge in [-0.2, -0.15) is 0 Å². The molecule has 3 rings (SSSR count). The zero-order valence-corrected chi connectivity index (χ0v) is 22.6. The van der Waals surface area contributed by atoms with E-state index in [0.717, 1.165) is 22.4 Å². The second-order valence-electron chi connectivity index (χ2n) is 8.99. The minimum absolute atomic E-state index is 0.152. The third kappa shape index (κ3) is 9.44. The summed E-state index contributed by atoms with van der Waals surface area (Å²) in [5, 5.41) is 9.69. The molecule has 0 aliphatic carbocycles. The van der Waals surface area contributed by atoms with Crippen LogP contribution >= 0.6 is 0 Å². The van der Waals surface area contributed by atoms with Crippen LogP contribution < -0.4 is 4.74 Å². The molecule has 1 aliphatic rings. The summed E-state index contributed by atoms with van der Waals surface area (Å²) in [6.45, 7) is 9.60. The van der Waals surface area contributed by atoms with Crippen molar-refractivity contribution in [1.82, 2.24) is 0 Å². The van der Waals surface area contributed by atoms with E-state index >= 15 is 0 Å². The van der Waals surface area contributed by atoms with Gasteiger partial charge in [0.2, 0.25) is 0 Å². The van der Waals surface area contributed by atoms with Crippen LogP contribution in [0.4, 0.5) is 0 Å². The number of hydrogen-bond donors (Lipinski definition) is 1. The van der Waals surface area contributed by atoms with Crippen LogP contribution in [-0.4, -0.2) is 42.5 Å². The molecule has 0 aromatic heterocycles. The molecule has 1 atom stereocenters. The normalized spacial score (nSPS) is 16.1. The molecule has 2 aromatic rings. The Balaban J connectivity index is 0.00000235. The van der Waals surface area contributed by atoms with Crippen LogP contribution in [0.25, 0.3) is 0 Å². The lowest BCUT2D eigenvalue weighted by atomic mass is 9.97. The zero-order valence-electron chi connectivity index (χ0n) is 22.6. The standard InChI is InChI=1S/C29H32O6.C2H6/c1-21(2)26-18-29(19-30,35-28(26)32)20-34-27(31)6-4-5-17-33-25-15-13-24(14-16-25)12-11-23-9-7-22(3)8-10-23;1-2/h7-10,13-16,30H,4-6,17-20H2,1-3H3;1-2H3. The molecule has 0 spiro atoms. The minimum Gasteiger partial charge on any atom is -0.494 e. The SMILES string of the molecule is CC.CC(C)=C1CC(CO)(COC(=O)CCCCOc2ccc(C#Cc3ccc(C)cc3)cc2)OC1=O. The molecular formula is C31H38O6.